The second-order valence-electron chi connectivity index (χ2n) is 5.03. The summed E-state index contributed by atoms with van der Waals surface area (Å²) in [6, 6.07) is 7.82. The number of nitrogens with one attached hydrogen (secondary N) is 1. The fourth-order valence-corrected chi connectivity index (χ4v) is 3.60. The third kappa shape index (κ3) is 3.94. The number of anilines is 1. The summed E-state index contributed by atoms with van der Waals surface area (Å²) in [5.41, 5.74) is 0.0651. The third-order valence-electron chi connectivity index (χ3n) is 3.25. The lowest BCUT2D eigenvalue weighted by Gasteiger charge is -2.12. The molecule has 0 radical (unpaired) electrons. The zero-order chi connectivity index (χ0) is 18.0. The van der Waals surface area contributed by atoms with E-state index >= 15 is 0 Å². The quantitative estimate of drug-likeness (QED) is 0.507. The van der Waals surface area contributed by atoms with Crippen LogP contribution in [0.4, 0.5) is 10.1 Å². The molecule has 3 rings (SSSR count). The molecule has 10 heteroatoms. The Hall–Kier alpha value is -2.10. The van der Waals surface area contributed by atoms with E-state index in [0.717, 1.165) is 22.7 Å². The Kier molecular flexibility index (Phi) is 5.26. The topological polar surface area (TPSA) is 85.8 Å². The molecule has 6 nitrogen and oxygen atoms in total. The van der Waals surface area contributed by atoms with Crippen LogP contribution in [0.5, 0.6) is 0 Å². The van der Waals surface area contributed by atoms with Crippen LogP contribution in [-0.2, 0) is 4.79 Å². The van der Waals surface area contributed by atoms with Crippen molar-refractivity contribution in [3.05, 3.63) is 46.6 Å². The molecule has 3 aromatic rings. The van der Waals surface area contributed by atoms with Crippen LogP contribution in [0.1, 0.15) is 6.92 Å². The van der Waals surface area contributed by atoms with Gasteiger partial charge in [-0.3, -0.25) is 4.79 Å². The lowest BCUT2D eigenvalue weighted by Crippen LogP contribution is -2.24. The van der Waals surface area contributed by atoms with Gasteiger partial charge in [-0.2, -0.15) is 0 Å². The van der Waals surface area contributed by atoms with Crippen LogP contribution in [-0.4, -0.2) is 26.0 Å². The molecule has 0 aliphatic rings. The summed E-state index contributed by atoms with van der Waals surface area (Å²) in [4.78, 5) is 13.1. The number of amides is 1. The summed E-state index contributed by atoms with van der Waals surface area (Å²) in [6.07, 6.45) is 0. The molecule has 0 bridgehead atoms. The molecule has 1 unspecified atom stereocenters. The smallest absolute Gasteiger partial charge is 0.237 e. The average Bonchev–Trinajstić information content (AvgIpc) is 3.20. The first kappa shape index (κ1) is 17.7. The van der Waals surface area contributed by atoms with E-state index in [-0.39, 0.29) is 16.6 Å². The molecular formula is C15H13ClFN5OS2. The van der Waals surface area contributed by atoms with Gasteiger partial charge in [0, 0.05) is 5.02 Å². The van der Waals surface area contributed by atoms with Crippen LogP contribution < -0.4 is 11.2 Å². The first-order valence-corrected chi connectivity index (χ1v) is 9.26. The maximum atomic E-state index is 13.8. The second-order valence-corrected chi connectivity index (χ2v) is 7.72. The standard InChI is InChI=1S/C15H13ClFN5OS2/c1-8(14(23)19-11-5-4-9(16)7-10(11)17)25-15-21-20-13(22(15)18)12-3-2-6-24-12/h2-8H,18H2,1H3,(H,19,23). The van der Waals surface area contributed by atoms with E-state index in [9.17, 15) is 9.18 Å². The molecule has 1 atom stereocenters. The number of nitrogens with two attached hydrogens (primary N) is 1. The second kappa shape index (κ2) is 7.42. The fraction of sp³-hybridized carbons (Fsp3) is 0.133. The largest absolute Gasteiger partial charge is 0.335 e. The molecular weight excluding hydrogens is 385 g/mol. The Balaban J connectivity index is 1.69. The van der Waals surface area contributed by atoms with E-state index in [2.05, 4.69) is 15.5 Å². The summed E-state index contributed by atoms with van der Waals surface area (Å²) in [7, 11) is 0. The molecule has 0 spiro atoms. The normalized spacial score (nSPS) is 12.1. The van der Waals surface area contributed by atoms with Crippen molar-refractivity contribution >= 4 is 46.3 Å². The number of nitrogen functional groups attached to an aromatic ring is 1. The van der Waals surface area contributed by atoms with Gasteiger partial charge in [-0.15, -0.1) is 21.5 Å². The van der Waals surface area contributed by atoms with Crippen molar-refractivity contribution in [1.82, 2.24) is 14.9 Å². The van der Waals surface area contributed by atoms with E-state index in [4.69, 9.17) is 17.4 Å². The van der Waals surface area contributed by atoms with Gasteiger partial charge in [0.15, 0.2) is 5.82 Å². The van der Waals surface area contributed by atoms with Crippen molar-refractivity contribution < 1.29 is 9.18 Å². The highest BCUT2D eigenvalue weighted by Gasteiger charge is 2.21. The molecule has 0 aliphatic carbocycles. The van der Waals surface area contributed by atoms with E-state index in [1.807, 2.05) is 17.5 Å². The monoisotopic (exact) mass is 397 g/mol. The first-order chi connectivity index (χ1) is 12.0. The van der Waals surface area contributed by atoms with Crippen molar-refractivity contribution in [2.24, 2.45) is 0 Å². The summed E-state index contributed by atoms with van der Waals surface area (Å²) >= 11 is 8.32. The van der Waals surface area contributed by atoms with Crippen LogP contribution in [0, 0.1) is 5.82 Å². The SMILES string of the molecule is CC(Sc1nnc(-c2cccs2)n1N)C(=O)Nc1ccc(Cl)cc1F. The Morgan fingerprint density at radius 3 is 2.92 bits per heavy atom. The molecule has 2 aromatic heterocycles. The number of aromatic nitrogens is 3. The summed E-state index contributed by atoms with van der Waals surface area (Å²) < 4.78 is 15.1. The fourth-order valence-electron chi connectivity index (χ4n) is 1.97. The van der Waals surface area contributed by atoms with E-state index < -0.39 is 11.1 Å². The van der Waals surface area contributed by atoms with Gasteiger partial charge in [-0.05, 0) is 36.6 Å². The number of thioether (sulfide) groups is 1. The van der Waals surface area contributed by atoms with Gasteiger partial charge in [0.2, 0.25) is 11.1 Å². The number of nitrogens with zero attached hydrogens (tertiary/aromatic N) is 3. The number of carbonyl (C=O) groups is 1. The van der Waals surface area contributed by atoms with Crippen LogP contribution in [0.15, 0.2) is 40.9 Å². The van der Waals surface area contributed by atoms with E-state index in [1.165, 1.54) is 28.1 Å². The highest BCUT2D eigenvalue weighted by atomic mass is 35.5. The summed E-state index contributed by atoms with van der Waals surface area (Å²) in [6.45, 7) is 1.67. The third-order valence-corrected chi connectivity index (χ3v) is 5.40. The Morgan fingerprint density at radius 1 is 1.44 bits per heavy atom. The van der Waals surface area contributed by atoms with Crippen LogP contribution in [0.25, 0.3) is 10.7 Å². The van der Waals surface area contributed by atoms with Gasteiger partial charge >= 0.3 is 0 Å². The predicted octanol–water partition coefficient (Wildman–Crippen LogP) is 3.63. The number of carbonyl (C=O) groups excluding carboxylic acids is 1. The van der Waals surface area contributed by atoms with Crippen LogP contribution in [0.2, 0.25) is 5.02 Å². The highest BCUT2D eigenvalue weighted by Crippen LogP contribution is 2.28. The minimum atomic E-state index is -0.597. The Morgan fingerprint density at radius 2 is 2.24 bits per heavy atom. The number of thiophene rings is 1. The van der Waals surface area contributed by atoms with Crippen molar-refractivity contribution in [3.8, 4) is 10.7 Å². The molecule has 3 N–H and O–H groups in total. The van der Waals surface area contributed by atoms with Gasteiger partial charge in [-0.25, -0.2) is 9.07 Å². The number of rotatable bonds is 5. The Labute approximate surface area is 156 Å². The number of hydrogen-bond acceptors (Lipinski definition) is 6. The van der Waals surface area contributed by atoms with Gasteiger partial charge in [0.25, 0.3) is 0 Å². The van der Waals surface area contributed by atoms with Crippen molar-refractivity contribution in [1.29, 1.82) is 0 Å². The van der Waals surface area contributed by atoms with Crippen molar-refractivity contribution in [2.75, 3.05) is 11.2 Å². The summed E-state index contributed by atoms with van der Waals surface area (Å²) in [5.74, 6) is 5.55. The maximum Gasteiger partial charge on any atom is 0.237 e. The molecule has 1 aromatic carbocycles. The predicted molar refractivity (Wildman–Crippen MR) is 98.8 cm³/mol. The minimum absolute atomic E-state index is 0.0651. The molecule has 25 heavy (non-hydrogen) atoms. The van der Waals surface area contributed by atoms with Crippen molar-refractivity contribution in [2.45, 2.75) is 17.3 Å². The zero-order valence-electron chi connectivity index (χ0n) is 12.9. The Bertz CT molecular complexity index is 899. The number of halogens is 2. The lowest BCUT2D eigenvalue weighted by molar-refractivity contribution is -0.115. The molecule has 2 heterocycles. The molecule has 130 valence electrons. The van der Waals surface area contributed by atoms with Crippen LogP contribution in [0.3, 0.4) is 0 Å². The number of hydrogen-bond donors (Lipinski definition) is 2. The van der Waals surface area contributed by atoms with Gasteiger partial charge in [0.1, 0.15) is 5.82 Å². The van der Waals surface area contributed by atoms with Crippen LogP contribution >= 0.6 is 34.7 Å². The van der Waals surface area contributed by atoms with E-state index in [1.54, 1.807) is 6.92 Å². The molecule has 0 saturated carbocycles. The van der Waals surface area contributed by atoms with Crippen molar-refractivity contribution in [3.63, 3.8) is 0 Å². The molecule has 0 fully saturated rings. The summed E-state index contributed by atoms with van der Waals surface area (Å²) in [5, 5.41) is 12.6. The maximum absolute atomic E-state index is 13.8. The molecule has 0 aliphatic heterocycles. The lowest BCUT2D eigenvalue weighted by atomic mass is 10.3. The van der Waals surface area contributed by atoms with Gasteiger partial charge in [0.05, 0.1) is 15.8 Å². The minimum Gasteiger partial charge on any atom is -0.335 e. The molecule has 1 amide bonds. The van der Waals surface area contributed by atoms with Gasteiger partial charge in [-0.1, -0.05) is 29.4 Å². The van der Waals surface area contributed by atoms with E-state index in [0.29, 0.717) is 11.0 Å². The first-order valence-electron chi connectivity index (χ1n) is 7.12. The highest BCUT2D eigenvalue weighted by molar-refractivity contribution is 8.00. The number of benzene rings is 1. The average molecular weight is 398 g/mol. The molecule has 0 saturated heterocycles. The van der Waals surface area contributed by atoms with Gasteiger partial charge < -0.3 is 11.2 Å². The zero-order valence-corrected chi connectivity index (χ0v) is 15.3.